The lowest BCUT2D eigenvalue weighted by molar-refractivity contribution is -0.155. The minimum absolute atomic E-state index is 0.0274. The number of carbonyl (C=O) groups is 2. The fourth-order valence-electron chi connectivity index (χ4n) is 1.74. The van der Waals surface area contributed by atoms with Crippen LogP contribution in [0.25, 0.3) is 0 Å². The van der Waals surface area contributed by atoms with Gasteiger partial charge in [0.15, 0.2) is 0 Å². The molecule has 1 aromatic rings. The van der Waals surface area contributed by atoms with Crippen molar-refractivity contribution in [3.63, 3.8) is 0 Å². The topological polar surface area (TPSA) is 75.6 Å². The van der Waals surface area contributed by atoms with E-state index in [1.54, 1.807) is 20.8 Å². The van der Waals surface area contributed by atoms with Crippen LogP contribution in [-0.4, -0.2) is 22.6 Å². The molecule has 116 valence electrons. The van der Waals surface area contributed by atoms with Crippen molar-refractivity contribution in [3.05, 3.63) is 35.4 Å². The molecule has 0 unspecified atom stereocenters. The predicted octanol–water partition coefficient (Wildman–Crippen LogP) is 1.92. The molecule has 2 N–H and O–H groups in total. The first-order valence-electron chi connectivity index (χ1n) is 6.97. The van der Waals surface area contributed by atoms with Crippen LogP contribution >= 0.6 is 0 Å². The average molecular weight is 293 g/mol. The molecule has 0 aliphatic carbocycles. The molecule has 5 nitrogen and oxygen atoms in total. The zero-order valence-corrected chi connectivity index (χ0v) is 12.8. The second kappa shape index (κ2) is 7.78. The largest absolute Gasteiger partial charge is 0.460 e. The Labute approximate surface area is 125 Å². The summed E-state index contributed by atoms with van der Waals surface area (Å²) in [7, 11) is 0. The number of aliphatic hydroxyl groups excluding tert-OH is 1. The van der Waals surface area contributed by atoms with Gasteiger partial charge < -0.3 is 15.2 Å². The van der Waals surface area contributed by atoms with E-state index in [9.17, 15) is 9.59 Å². The number of rotatable bonds is 6. The molecule has 0 saturated carbocycles. The molecule has 1 rings (SSSR count). The molecule has 0 aliphatic heterocycles. The molecule has 0 aliphatic rings. The summed E-state index contributed by atoms with van der Waals surface area (Å²) < 4.78 is 5.13. The van der Waals surface area contributed by atoms with E-state index in [4.69, 9.17) is 9.84 Å². The van der Waals surface area contributed by atoms with Crippen LogP contribution in [0.15, 0.2) is 24.3 Å². The predicted molar refractivity (Wildman–Crippen MR) is 79.3 cm³/mol. The highest BCUT2D eigenvalue weighted by atomic mass is 16.6. The summed E-state index contributed by atoms with van der Waals surface area (Å²) in [5.41, 5.74) is 1.18. The first-order chi connectivity index (χ1) is 9.80. The first-order valence-corrected chi connectivity index (χ1v) is 6.97. The zero-order chi connectivity index (χ0) is 15.9. The van der Waals surface area contributed by atoms with Crippen LogP contribution in [0, 0.1) is 0 Å². The lowest BCUT2D eigenvalue weighted by Gasteiger charge is -2.19. The number of ether oxygens (including phenoxy) is 1. The van der Waals surface area contributed by atoms with Gasteiger partial charge in [0.05, 0.1) is 13.0 Å². The van der Waals surface area contributed by atoms with Crippen LogP contribution < -0.4 is 5.32 Å². The smallest absolute Gasteiger partial charge is 0.306 e. The number of aliphatic hydroxyl groups is 1. The van der Waals surface area contributed by atoms with Gasteiger partial charge >= 0.3 is 5.97 Å². The number of carbonyl (C=O) groups excluding carboxylic acids is 2. The van der Waals surface area contributed by atoms with E-state index in [-0.39, 0.29) is 31.3 Å². The van der Waals surface area contributed by atoms with Crippen molar-refractivity contribution < 1.29 is 19.4 Å². The highest BCUT2D eigenvalue weighted by Crippen LogP contribution is 2.09. The third-order valence-electron chi connectivity index (χ3n) is 2.64. The van der Waals surface area contributed by atoms with Gasteiger partial charge in [-0.15, -0.1) is 0 Å². The van der Waals surface area contributed by atoms with E-state index in [1.807, 2.05) is 24.3 Å². The molecular formula is C16H23NO4. The monoisotopic (exact) mass is 293 g/mol. The summed E-state index contributed by atoms with van der Waals surface area (Å²) in [4.78, 5) is 23.2. The van der Waals surface area contributed by atoms with Crippen LogP contribution in [0.2, 0.25) is 0 Å². The lowest BCUT2D eigenvalue weighted by Crippen LogP contribution is -2.27. The number of esters is 1. The van der Waals surface area contributed by atoms with Crippen molar-refractivity contribution in [2.24, 2.45) is 0 Å². The quantitative estimate of drug-likeness (QED) is 0.786. The Hall–Kier alpha value is -1.88. The number of hydrogen-bond acceptors (Lipinski definition) is 4. The van der Waals surface area contributed by atoms with Crippen molar-refractivity contribution >= 4 is 11.9 Å². The van der Waals surface area contributed by atoms with Gasteiger partial charge in [-0.3, -0.25) is 9.59 Å². The molecule has 0 fully saturated rings. The minimum atomic E-state index is -0.529. The summed E-state index contributed by atoms with van der Waals surface area (Å²) in [6, 6.07) is 7.34. The van der Waals surface area contributed by atoms with E-state index >= 15 is 0 Å². The molecule has 0 spiro atoms. The number of benzene rings is 1. The molecule has 0 saturated heterocycles. The Bertz CT molecular complexity index is 491. The van der Waals surface area contributed by atoms with Crippen molar-refractivity contribution in [3.8, 4) is 0 Å². The van der Waals surface area contributed by atoms with Gasteiger partial charge in [0.25, 0.3) is 0 Å². The Morgan fingerprint density at radius 3 is 2.48 bits per heavy atom. The Morgan fingerprint density at radius 2 is 1.86 bits per heavy atom. The number of amides is 1. The lowest BCUT2D eigenvalue weighted by atomic mass is 10.1. The average Bonchev–Trinajstić information content (AvgIpc) is 2.41. The van der Waals surface area contributed by atoms with Gasteiger partial charge in [-0.2, -0.15) is 0 Å². The standard InChI is InChI=1S/C16H23NO4/c1-16(2,3)21-15(20)8-7-14(19)17-10-12-5-4-6-13(9-12)11-18/h4-6,9,18H,7-8,10-11H2,1-3H3,(H,17,19). The SMILES string of the molecule is CC(C)(C)OC(=O)CCC(=O)NCc1cccc(CO)c1. The third-order valence-corrected chi connectivity index (χ3v) is 2.64. The third kappa shape index (κ3) is 7.46. The van der Waals surface area contributed by atoms with E-state index in [0.717, 1.165) is 11.1 Å². The van der Waals surface area contributed by atoms with Gasteiger partial charge in [-0.05, 0) is 31.9 Å². The fraction of sp³-hybridized carbons (Fsp3) is 0.500. The molecule has 5 heteroatoms. The van der Waals surface area contributed by atoms with Gasteiger partial charge in [-0.25, -0.2) is 0 Å². The van der Waals surface area contributed by atoms with E-state index < -0.39 is 5.60 Å². The minimum Gasteiger partial charge on any atom is -0.460 e. The van der Waals surface area contributed by atoms with E-state index in [2.05, 4.69) is 5.32 Å². The molecule has 0 radical (unpaired) electrons. The van der Waals surface area contributed by atoms with Crippen molar-refractivity contribution in [2.75, 3.05) is 0 Å². The second-order valence-electron chi connectivity index (χ2n) is 5.84. The maximum atomic E-state index is 11.7. The molecule has 0 bridgehead atoms. The highest BCUT2D eigenvalue weighted by Gasteiger charge is 2.16. The van der Waals surface area contributed by atoms with Crippen LogP contribution in [0.1, 0.15) is 44.7 Å². The van der Waals surface area contributed by atoms with Crippen LogP contribution in [0.3, 0.4) is 0 Å². The second-order valence-corrected chi connectivity index (χ2v) is 5.84. The fourth-order valence-corrected chi connectivity index (χ4v) is 1.74. The zero-order valence-electron chi connectivity index (χ0n) is 12.8. The highest BCUT2D eigenvalue weighted by molar-refractivity contribution is 5.81. The normalized spacial score (nSPS) is 11.0. The summed E-state index contributed by atoms with van der Waals surface area (Å²) in [5.74, 6) is -0.574. The maximum absolute atomic E-state index is 11.7. The number of nitrogens with one attached hydrogen (secondary N) is 1. The molecule has 0 aromatic heterocycles. The molecule has 0 heterocycles. The summed E-state index contributed by atoms with van der Waals surface area (Å²) >= 11 is 0. The summed E-state index contributed by atoms with van der Waals surface area (Å²) in [6.45, 7) is 5.72. The van der Waals surface area contributed by atoms with Crippen LogP contribution in [-0.2, 0) is 27.5 Å². The Kier molecular flexibility index (Phi) is 6.37. The Balaban J connectivity index is 2.32. The molecule has 1 amide bonds. The molecule has 1 aromatic carbocycles. The van der Waals surface area contributed by atoms with Gasteiger partial charge in [0.1, 0.15) is 5.60 Å². The maximum Gasteiger partial charge on any atom is 0.306 e. The first kappa shape index (κ1) is 17.2. The Morgan fingerprint density at radius 1 is 1.19 bits per heavy atom. The van der Waals surface area contributed by atoms with Crippen LogP contribution in [0.5, 0.6) is 0 Å². The van der Waals surface area contributed by atoms with Gasteiger partial charge in [0.2, 0.25) is 5.91 Å². The van der Waals surface area contributed by atoms with Gasteiger partial charge in [0, 0.05) is 13.0 Å². The van der Waals surface area contributed by atoms with Crippen LogP contribution in [0.4, 0.5) is 0 Å². The molecule has 0 atom stereocenters. The van der Waals surface area contributed by atoms with E-state index in [1.165, 1.54) is 0 Å². The number of hydrogen-bond donors (Lipinski definition) is 2. The van der Waals surface area contributed by atoms with Crippen molar-refractivity contribution in [1.82, 2.24) is 5.32 Å². The van der Waals surface area contributed by atoms with Crippen molar-refractivity contribution in [1.29, 1.82) is 0 Å². The molecular weight excluding hydrogens is 270 g/mol. The van der Waals surface area contributed by atoms with Gasteiger partial charge in [-0.1, -0.05) is 24.3 Å². The summed E-state index contributed by atoms with van der Waals surface area (Å²) in [5, 5.41) is 11.8. The molecule has 21 heavy (non-hydrogen) atoms. The van der Waals surface area contributed by atoms with E-state index in [0.29, 0.717) is 6.54 Å². The van der Waals surface area contributed by atoms with Crippen molar-refractivity contribution in [2.45, 2.75) is 52.4 Å². The summed E-state index contributed by atoms with van der Waals surface area (Å²) in [6.07, 6.45) is 0.175.